The molecule has 5 rings (SSSR count). The van der Waals surface area contributed by atoms with Gasteiger partial charge >= 0.3 is 6.01 Å². The van der Waals surface area contributed by atoms with Crippen molar-refractivity contribution in [1.82, 2.24) is 9.97 Å². The largest absolute Gasteiger partial charge is 0.467 e. The van der Waals surface area contributed by atoms with E-state index in [9.17, 15) is 4.39 Å². The number of methoxy groups -OCH3 is 1. The summed E-state index contributed by atoms with van der Waals surface area (Å²) in [6.07, 6.45) is 2.04. The molecule has 1 saturated heterocycles. The number of hydrogen-bond donors (Lipinski definition) is 0. The van der Waals surface area contributed by atoms with Crippen molar-refractivity contribution < 1.29 is 17.9 Å². The molecule has 3 aromatic carbocycles. The lowest BCUT2D eigenvalue weighted by atomic mass is 9.95. The van der Waals surface area contributed by atoms with Crippen LogP contribution in [0.2, 0.25) is 5.02 Å². The van der Waals surface area contributed by atoms with Crippen molar-refractivity contribution in [2.75, 3.05) is 25.1 Å². The zero-order valence-electron chi connectivity index (χ0n) is 18.1. The molecule has 1 aromatic heterocycles. The predicted molar refractivity (Wildman–Crippen MR) is 125 cm³/mol. The molecule has 0 bridgehead atoms. The van der Waals surface area contributed by atoms with E-state index in [0.717, 1.165) is 25.9 Å². The molecule has 0 radical (unpaired) electrons. The van der Waals surface area contributed by atoms with Gasteiger partial charge in [-0.2, -0.15) is 9.97 Å². The lowest BCUT2D eigenvalue weighted by molar-refractivity contribution is 0.379. The SMILES string of the molecule is COc1nc(N2CCC[C@H](C)C2)c2cc(F)c(-c3cccc4ccc(F)c(Cl)c34)c(F)c2n1. The summed E-state index contributed by atoms with van der Waals surface area (Å²) < 4.78 is 51.0. The Kier molecular flexibility index (Phi) is 5.52. The van der Waals surface area contributed by atoms with E-state index in [4.69, 9.17) is 16.3 Å². The topological polar surface area (TPSA) is 38.2 Å². The van der Waals surface area contributed by atoms with Crippen molar-refractivity contribution in [2.45, 2.75) is 19.8 Å². The molecule has 8 heteroatoms. The molecule has 4 nitrogen and oxygen atoms in total. The van der Waals surface area contributed by atoms with Crippen LogP contribution >= 0.6 is 11.6 Å². The Hall–Kier alpha value is -3.06. The normalized spacial score (nSPS) is 16.5. The summed E-state index contributed by atoms with van der Waals surface area (Å²) in [5.41, 5.74) is -0.227. The molecule has 0 spiro atoms. The molecule has 1 atom stereocenters. The maximum Gasteiger partial charge on any atom is 0.318 e. The molecular formula is C25H21ClF3N3O. The smallest absolute Gasteiger partial charge is 0.318 e. The van der Waals surface area contributed by atoms with Crippen LogP contribution < -0.4 is 9.64 Å². The van der Waals surface area contributed by atoms with Gasteiger partial charge in [0, 0.05) is 23.9 Å². The lowest BCUT2D eigenvalue weighted by Crippen LogP contribution is -2.35. The van der Waals surface area contributed by atoms with E-state index in [-0.39, 0.29) is 38.4 Å². The van der Waals surface area contributed by atoms with E-state index >= 15 is 8.78 Å². The number of nitrogens with zero attached hydrogens (tertiary/aromatic N) is 3. The van der Waals surface area contributed by atoms with Crippen LogP contribution in [0, 0.1) is 23.4 Å². The van der Waals surface area contributed by atoms with Crippen molar-refractivity contribution in [3.8, 4) is 17.1 Å². The summed E-state index contributed by atoms with van der Waals surface area (Å²) in [5, 5.41) is 0.884. The molecule has 170 valence electrons. The van der Waals surface area contributed by atoms with Gasteiger partial charge in [-0.25, -0.2) is 13.2 Å². The van der Waals surface area contributed by atoms with Crippen LogP contribution in [0.4, 0.5) is 19.0 Å². The van der Waals surface area contributed by atoms with Crippen LogP contribution in [0.15, 0.2) is 36.4 Å². The van der Waals surface area contributed by atoms with Gasteiger partial charge in [0.25, 0.3) is 0 Å². The summed E-state index contributed by atoms with van der Waals surface area (Å²) in [6, 6.07) is 8.87. The van der Waals surface area contributed by atoms with Crippen molar-refractivity contribution in [3.63, 3.8) is 0 Å². The first-order valence-corrected chi connectivity index (χ1v) is 11.1. The quantitative estimate of drug-likeness (QED) is 0.330. The number of halogens is 4. The molecule has 4 aromatic rings. The second-order valence-electron chi connectivity index (χ2n) is 8.44. The first kappa shape index (κ1) is 21.8. The van der Waals surface area contributed by atoms with Crippen molar-refractivity contribution in [1.29, 1.82) is 0 Å². The van der Waals surface area contributed by atoms with Crippen LogP contribution in [0.5, 0.6) is 6.01 Å². The molecule has 0 N–H and O–H groups in total. The third kappa shape index (κ3) is 3.64. The molecule has 1 aliphatic rings. The Bertz CT molecular complexity index is 1400. The van der Waals surface area contributed by atoms with Gasteiger partial charge in [0.2, 0.25) is 0 Å². The van der Waals surface area contributed by atoms with Crippen molar-refractivity contribution in [2.24, 2.45) is 5.92 Å². The Labute approximate surface area is 194 Å². The van der Waals surface area contributed by atoms with Gasteiger partial charge in [-0.1, -0.05) is 42.8 Å². The highest BCUT2D eigenvalue weighted by Crippen LogP contribution is 2.41. The molecule has 2 heterocycles. The van der Waals surface area contributed by atoms with E-state index in [1.165, 1.54) is 31.4 Å². The Morgan fingerprint density at radius 2 is 1.91 bits per heavy atom. The van der Waals surface area contributed by atoms with Crippen LogP contribution in [0.3, 0.4) is 0 Å². The Morgan fingerprint density at radius 1 is 1.09 bits per heavy atom. The Balaban J connectivity index is 1.80. The zero-order chi connectivity index (χ0) is 23.3. The van der Waals surface area contributed by atoms with Gasteiger partial charge in [0.1, 0.15) is 23.0 Å². The minimum absolute atomic E-state index is 0.00539. The van der Waals surface area contributed by atoms with Gasteiger partial charge in [-0.3, -0.25) is 0 Å². The predicted octanol–water partition coefficient (Wildman–Crippen LogP) is 6.77. The highest BCUT2D eigenvalue weighted by Gasteiger charge is 2.26. The van der Waals surface area contributed by atoms with Crippen molar-refractivity contribution >= 4 is 39.1 Å². The first-order chi connectivity index (χ1) is 15.9. The third-order valence-corrected chi connectivity index (χ3v) is 6.56. The van der Waals surface area contributed by atoms with Crippen LogP contribution in [-0.4, -0.2) is 30.2 Å². The van der Waals surface area contributed by atoms with Gasteiger partial charge < -0.3 is 9.64 Å². The number of piperidine rings is 1. The second-order valence-corrected chi connectivity index (χ2v) is 8.81. The number of benzene rings is 3. The Morgan fingerprint density at radius 3 is 2.67 bits per heavy atom. The minimum atomic E-state index is -0.871. The molecule has 0 amide bonds. The number of fused-ring (bicyclic) bond motifs is 2. The molecule has 33 heavy (non-hydrogen) atoms. The number of anilines is 1. The molecule has 1 aliphatic heterocycles. The highest BCUT2D eigenvalue weighted by atomic mass is 35.5. The van der Waals surface area contributed by atoms with E-state index in [1.807, 2.05) is 4.90 Å². The van der Waals surface area contributed by atoms with Crippen LogP contribution in [0.25, 0.3) is 32.8 Å². The molecule has 0 unspecified atom stereocenters. The maximum atomic E-state index is 16.0. The number of hydrogen-bond acceptors (Lipinski definition) is 4. The zero-order valence-corrected chi connectivity index (χ0v) is 18.9. The van der Waals surface area contributed by atoms with Crippen LogP contribution in [0.1, 0.15) is 19.8 Å². The molecule has 0 aliphatic carbocycles. The summed E-state index contributed by atoms with van der Waals surface area (Å²) in [5.74, 6) is -1.47. The van der Waals surface area contributed by atoms with E-state index in [0.29, 0.717) is 17.1 Å². The maximum absolute atomic E-state index is 16.0. The fraction of sp³-hybridized carbons (Fsp3) is 0.280. The molecule has 1 fully saturated rings. The first-order valence-electron chi connectivity index (χ1n) is 10.7. The standard InChI is InChI=1S/C25H21ClF3N3O/c1-13-5-4-10-32(12-13)24-16-11-18(28)20(22(29)23(16)30-25(31-24)33-2)15-7-3-6-14-8-9-17(27)21(26)19(14)15/h3,6-9,11,13H,4-5,10,12H2,1-2H3/t13-/m0/s1. The summed E-state index contributed by atoms with van der Waals surface area (Å²) in [7, 11) is 1.40. The summed E-state index contributed by atoms with van der Waals surface area (Å²) in [6.45, 7) is 3.58. The number of aromatic nitrogens is 2. The van der Waals surface area contributed by atoms with E-state index in [1.54, 1.807) is 12.1 Å². The van der Waals surface area contributed by atoms with Gasteiger partial charge in [0.15, 0.2) is 5.82 Å². The summed E-state index contributed by atoms with van der Waals surface area (Å²) >= 11 is 6.22. The monoisotopic (exact) mass is 471 g/mol. The highest BCUT2D eigenvalue weighted by molar-refractivity contribution is 6.37. The second kappa shape index (κ2) is 8.37. The number of rotatable bonds is 3. The van der Waals surface area contributed by atoms with E-state index < -0.39 is 17.5 Å². The minimum Gasteiger partial charge on any atom is -0.467 e. The van der Waals surface area contributed by atoms with Gasteiger partial charge in [-0.15, -0.1) is 0 Å². The average molecular weight is 472 g/mol. The van der Waals surface area contributed by atoms with Crippen molar-refractivity contribution in [3.05, 3.63) is 58.9 Å². The van der Waals surface area contributed by atoms with Crippen LogP contribution in [-0.2, 0) is 0 Å². The third-order valence-electron chi connectivity index (χ3n) is 6.19. The number of ether oxygens (including phenoxy) is 1. The van der Waals surface area contributed by atoms with Gasteiger partial charge in [-0.05, 0) is 41.8 Å². The fourth-order valence-electron chi connectivity index (χ4n) is 4.64. The molecular weight excluding hydrogens is 451 g/mol. The average Bonchev–Trinajstić information content (AvgIpc) is 2.81. The fourth-order valence-corrected chi connectivity index (χ4v) is 4.91. The molecule has 0 saturated carbocycles. The van der Waals surface area contributed by atoms with Gasteiger partial charge in [0.05, 0.1) is 17.7 Å². The summed E-state index contributed by atoms with van der Waals surface area (Å²) in [4.78, 5) is 10.6. The van der Waals surface area contributed by atoms with E-state index in [2.05, 4.69) is 16.9 Å². The lowest BCUT2D eigenvalue weighted by Gasteiger charge is -2.32.